The number of aromatic amines is 1. The van der Waals surface area contributed by atoms with Gasteiger partial charge < -0.3 is 5.43 Å². The van der Waals surface area contributed by atoms with Crippen LogP contribution in [0.2, 0.25) is 0 Å². The van der Waals surface area contributed by atoms with Gasteiger partial charge in [-0.2, -0.15) is 13.2 Å². The number of aromatic nitrogens is 2. The molecule has 0 aliphatic heterocycles. The molecular weight excluding hydrogens is 262 g/mol. The van der Waals surface area contributed by atoms with E-state index >= 15 is 0 Å². The Morgan fingerprint density at radius 1 is 1.47 bits per heavy atom. The van der Waals surface area contributed by atoms with Gasteiger partial charge in [0.2, 0.25) is 0 Å². The van der Waals surface area contributed by atoms with Crippen LogP contribution in [0.3, 0.4) is 0 Å². The third-order valence-corrected chi connectivity index (χ3v) is 2.67. The molecule has 2 N–H and O–H groups in total. The van der Waals surface area contributed by atoms with Crippen molar-refractivity contribution in [3.63, 3.8) is 0 Å². The summed E-state index contributed by atoms with van der Waals surface area (Å²) in [4.78, 5) is 1.45. The normalized spacial score (nSPS) is 16.3. The molecule has 0 aromatic carbocycles. The first-order valence-corrected chi connectivity index (χ1v) is 5.89. The monoisotopic (exact) mass is 279 g/mol. The van der Waals surface area contributed by atoms with E-state index in [9.17, 15) is 17.6 Å². The van der Waals surface area contributed by atoms with Crippen LogP contribution in [-0.4, -0.2) is 22.1 Å². The summed E-state index contributed by atoms with van der Waals surface area (Å²) in [5, 5.41) is 2.73. The third kappa shape index (κ3) is 3.90. The van der Waals surface area contributed by atoms with Crippen molar-refractivity contribution in [3.05, 3.63) is 35.4 Å². The molecule has 3 nitrogen and oxygen atoms in total. The Morgan fingerprint density at radius 3 is 2.42 bits per heavy atom. The Hall–Kier alpha value is -1.66. The smallest absolute Gasteiger partial charge is 0.304 e. The van der Waals surface area contributed by atoms with E-state index in [-0.39, 0.29) is 5.57 Å². The van der Waals surface area contributed by atoms with Crippen molar-refractivity contribution >= 4 is 0 Å². The van der Waals surface area contributed by atoms with Gasteiger partial charge in [-0.3, -0.25) is 5.10 Å². The fourth-order valence-corrected chi connectivity index (χ4v) is 1.52. The van der Waals surface area contributed by atoms with Crippen molar-refractivity contribution in [2.75, 3.05) is 5.43 Å². The van der Waals surface area contributed by atoms with Gasteiger partial charge in [0.05, 0.1) is 17.8 Å². The molecule has 0 radical (unpaired) electrons. The zero-order chi connectivity index (χ0) is 14.6. The number of hydrogen-bond acceptors (Lipinski definition) is 1. The standard InChI is InChI=1S/C12H17F4N3/c1-4-5-10(9(3)18-19-7-6-17-19)11(13)8(2)12(14,15)16/h5-7,9,17-18H,4H2,1-3H3/b10-5-,11-8-/t9-/m0/s1. The number of alkyl halides is 3. The lowest BCUT2D eigenvalue weighted by atomic mass is 10.0. The van der Waals surface area contributed by atoms with Gasteiger partial charge >= 0.3 is 6.18 Å². The summed E-state index contributed by atoms with van der Waals surface area (Å²) in [7, 11) is 0. The van der Waals surface area contributed by atoms with Crippen molar-refractivity contribution in [2.24, 2.45) is 0 Å². The van der Waals surface area contributed by atoms with Crippen LogP contribution in [-0.2, 0) is 0 Å². The fraction of sp³-hybridized carbons (Fsp3) is 0.500. The Balaban J connectivity index is 2.99. The zero-order valence-corrected chi connectivity index (χ0v) is 11.0. The van der Waals surface area contributed by atoms with Crippen LogP contribution in [0.1, 0.15) is 27.2 Å². The first-order valence-electron chi connectivity index (χ1n) is 5.89. The molecule has 0 fully saturated rings. The van der Waals surface area contributed by atoms with Crippen LogP contribution in [0.25, 0.3) is 0 Å². The Kier molecular flexibility index (Phi) is 4.85. The van der Waals surface area contributed by atoms with E-state index in [1.165, 1.54) is 10.9 Å². The van der Waals surface area contributed by atoms with Gasteiger partial charge in [-0.25, -0.2) is 9.18 Å². The molecule has 1 aromatic heterocycles. The molecule has 0 saturated carbocycles. The van der Waals surface area contributed by atoms with E-state index in [1.54, 1.807) is 26.2 Å². The first-order chi connectivity index (χ1) is 8.77. The third-order valence-electron chi connectivity index (χ3n) is 2.67. The first kappa shape index (κ1) is 15.4. The van der Waals surface area contributed by atoms with E-state index in [4.69, 9.17) is 0 Å². The summed E-state index contributed by atoms with van der Waals surface area (Å²) >= 11 is 0. The average molecular weight is 279 g/mol. The Bertz CT molecular complexity index is 456. The summed E-state index contributed by atoms with van der Waals surface area (Å²) in [5.74, 6) is -1.22. The number of hydrogen-bond donors (Lipinski definition) is 2. The van der Waals surface area contributed by atoms with Gasteiger partial charge in [-0.05, 0) is 20.3 Å². The zero-order valence-electron chi connectivity index (χ0n) is 11.0. The SMILES string of the molecule is CC/C=C(\C(F)=C(/C)C(F)(F)F)[C@H](C)Nn1cc[nH]1. The largest absolute Gasteiger partial charge is 0.415 e. The number of halogens is 4. The number of nitrogens with one attached hydrogen (secondary N) is 2. The lowest BCUT2D eigenvalue weighted by molar-refractivity contribution is -0.0930. The number of nitrogens with zero attached hydrogens (tertiary/aromatic N) is 1. The minimum absolute atomic E-state index is 0.000532. The van der Waals surface area contributed by atoms with E-state index < -0.39 is 23.6 Å². The molecule has 1 aromatic rings. The maximum absolute atomic E-state index is 14.0. The Labute approximate surface area is 108 Å². The van der Waals surface area contributed by atoms with Crippen LogP contribution in [0.5, 0.6) is 0 Å². The fourth-order valence-electron chi connectivity index (χ4n) is 1.52. The molecule has 7 heteroatoms. The lowest BCUT2D eigenvalue weighted by Gasteiger charge is -2.22. The van der Waals surface area contributed by atoms with Crippen LogP contribution < -0.4 is 5.43 Å². The van der Waals surface area contributed by atoms with Gasteiger partial charge in [-0.15, -0.1) is 0 Å². The highest BCUT2D eigenvalue weighted by atomic mass is 19.4. The van der Waals surface area contributed by atoms with E-state index in [0.29, 0.717) is 6.42 Å². The quantitative estimate of drug-likeness (QED) is 0.622. The van der Waals surface area contributed by atoms with Crippen molar-refractivity contribution in [1.29, 1.82) is 0 Å². The summed E-state index contributed by atoms with van der Waals surface area (Å²) in [5.41, 5.74) is 1.60. The highest BCUT2D eigenvalue weighted by Gasteiger charge is 2.34. The molecule has 1 heterocycles. The second-order valence-electron chi connectivity index (χ2n) is 4.17. The molecule has 19 heavy (non-hydrogen) atoms. The molecule has 0 bridgehead atoms. The highest BCUT2D eigenvalue weighted by molar-refractivity contribution is 5.36. The minimum atomic E-state index is -4.66. The van der Waals surface area contributed by atoms with Crippen molar-refractivity contribution in [2.45, 2.75) is 39.4 Å². The van der Waals surface area contributed by atoms with Crippen molar-refractivity contribution < 1.29 is 17.6 Å². The van der Waals surface area contributed by atoms with Gasteiger partial charge in [0.25, 0.3) is 0 Å². The summed E-state index contributed by atoms with van der Waals surface area (Å²) in [6.07, 6.45) is 0.509. The van der Waals surface area contributed by atoms with Gasteiger partial charge in [-0.1, -0.05) is 13.0 Å². The molecule has 1 rings (SSSR count). The number of H-pyrrole nitrogens is 1. The second kappa shape index (κ2) is 5.99. The van der Waals surface area contributed by atoms with Gasteiger partial charge in [0, 0.05) is 11.8 Å². The summed E-state index contributed by atoms with van der Waals surface area (Å²) in [6.45, 7) is 4.08. The summed E-state index contributed by atoms with van der Waals surface area (Å²) < 4.78 is 51.5. The molecule has 0 unspecified atom stereocenters. The lowest BCUT2D eigenvalue weighted by Crippen LogP contribution is -2.31. The molecule has 1 atom stereocenters. The summed E-state index contributed by atoms with van der Waals surface area (Å²) in [6, 6.07) is -0.588. The molecular formula is C12H17F4N3. The molecule has 108 valence electrons. The number of allylic oxidation sites excluding steroid dienone is 2. The molecule has 0 saturated heterocycles. The van der Waals surface area contributed by atoms with E-state index in [0.717, 1.165) is 6.92 Å². The maximum atomic E-state index is 14.0. The predicted octanol–water partition coefficient (Wildman–Crippen LogP) is 3.89. The molecule has 0 aliphatic carbocycles. The van der Waals surface area contributed by atoms with Crippen LogP contribution >= 0.6 is 0 Å². The van der Waals surface area contributed by atoms with Crippen LogP contribution in [0.4, 0.5) is 17.6 Å². The topological polar surface area (TPSA) is 32.8 Å². The van der Waals surface area contributed by atoms with Crippen LogP contribution in [0.15, 0.2) is 35.4 Å². The highest BCUT2D eigenvalue weighted by Crippen LogP contribution is 2.32. The second-order valence-corrected chi connectivity index (χ2v) is 4.17. The van der Waals surface area contributed by atoms with Crippen molar-refractivity contribution in [1.82, 2.24) is 9.89 Å². The minimum Gasteiger partial charge on any atom is -0.304 e. The molecule has 0 aliphatic rings. The molecule has 0 spiro atoms. The Morgan fingerprint density at radius 2 is 2.05 bits per heavy atom. The van der Waals surface area contributed by atoms with Gasteiger partial charge in [0.15, 0.2) is 0 Å². The van der Waals surface area contributed by atoms with E-state index in [1.807, 2.05) is 0 Å². The number of rotatable bonds is 5. The maximum Gasteiger partial charge on any atom is 0.415 e. The van der Waals surface area contributed by atoms with Crippen LogP contribution in [0, 0.1) is 0 Å². The molecule has 0 amide bonds. The average Bonchev–Trinajstić information content (AvgIpc) is 2.27. The predicted molar refractivity (Wildman–Crippen MR) is 65.8 cm³/mol. The van der Waals surface area contributed by atoms with E-state index in [2.05, 4.69) is 10.5 Å². The van der Waals surface area contributed by atoms with Crippen molar-refractivity contribution in [3.8, 4) is 0 Å². The van der Waals surface area contributed by atoms with Gasteiger partial charge in [0.1, 0.15) is 5.83 Å².